The number of nitrogens with zero attached hydrogens (tertiary/aromatic N) is 3. The van der Waals surface area contributed by atoms with Crippen molar-refractivity contribution in [2.75, 3.05) is 7.05 Å². The largest absolute Gasteiger partial charge is 0.472 e. The Kier molecular flexibility index (Phi) is 4.37. The fraction of sp³-hybridized carbons (Fsp3) is 0.150. The van der Waals surface area contributed by atoms with Crippen LogP contribution >= 0.6 is 0 Å². The second-order valence-corrected chi connectivity index (χ2v) is 6.68. The summed E-state index contributed by atoms with van der Waals surface area (Å²) in [5.41, 5.74) is 3.28. The quantitative estimate of drug-likeness (QED) is 0.660. The molecule has 1 atom stereocenters. The van der Waals surface area contributed by atoms with Crippen LogP contribution < -0.4 is 5.73 Å². The number of halogens is 4. The maximum absolute atomic E-state index is 14.5. The van der Waals surface area contributed by atoms with Crippen LogP contribution in [0.5, 0.6) is 0 Å². The van der Waals surface area contributed by atoms with Gasteiger partial charge in [0, 0.05) is 24.4 Å². The predicted molar refractivity (Wildman–Crippen MR) is 98.5 cm³/mol. The molecule has 30 heavy (non-hydrogen) atoms. The molecular weight excluding hydrogens is 404 g/mol. The van der Waals surface area contributed by atoms with Crippen LogP contribution in [-0.4, -0.2) is 28.8 Å². The Labute approximate surface area is 167 Å². The molecule has 0 saturated heterocycles. The smallest absolute Gasteiger partial charge is 0.433 e. The summed E-state index contributed by atoms with van der Waals surface area (Å²) in [7, 11) is 1.36. The fourth-order valence-corrected chi connectivity index (χ4v) is 3.38. The molecular formula is C20H14F4N4O2. The van der Waals surface area contributed by atoms with Crippen LogP contribution in [0, 0.1) is 5.82 Å². The lowest BCUT2D eigenvalue weighted by Crippen LogP contribution is -2.41. The number of likely N-dealkylation sites (N-methyl/N-ethyl adjacent to an activating group) is 1. The molecule has 2 aromatic heterocycles. The third kappa shape index (κ3) is 2.92. The lowest BCUT2D eigenvalue weighted by atomic mass is 9.81. The number of furan rings is 1. The van der Waals surface area contributed by atoms with Crippen molar-refractivity contribution in [3.05, 3.63) is 77.8 Å². The summed E-state index contributed by atoms with van der Waals surface area (Å²) in [6.07, 6.45) is -1.13. The first-order chi connectivity index (χ1) is 14.1. The zero-order valence-electron chi connectivity index (χ0n) is 15.4. The molecule has 0 radical (unpaired) electrons. The van der Waals surface area contributed by atoms with E-state index in [1.165, 1.54) is 43.8 Å². The number of guanidine groups is 1. The molecule has 0 spiro atoms. The van der Waals surface area contributed by atoms with E-state index in [9.17, 15) is 22.4 Å². The van der Waals surface area contributed by atoms with E-state index >= 15 is 0 Å². The molecule has 10 heteroatoms. The van der Waals surface area contributed by atoms with Crippen molar-refractivity contribution in [3.63, 3.8) is 0 Å². The summed E-state index contributed by atoms with van der Waals surface area (Å²) in [6.45, 7) is 0. The maximum atomic E-state index is 14.5. The highest BCUT2D eigenvalue weighted by molar-refractivity contribution is 6.09. The molecule has 1 unspecified atom stereocenters. The minimum Gasteiger partial charge on any atom is -0.472 e. The number of hydrogen-bond donors (Lipinski definition) is 1. The van der Waals surface area contributed by atoms with E-state index < -0.39 is 29.1 Å². The van der Waals surface area contributed by atoms with Gasteiger partial charge in [0.25, 0.3) is 5.91 Å². The second-order valence-electron chi connectivity index (χ2n) is 6.68. The Morgan fingerprint density at radius 3 is 2.47 bits per heavy atom. The van der Waals surface area contributed by atoms with E-state index in [0.717, 1.165) is 23.2 Å². The van der Waals surface area contributed by atoms with E-state index in [0.29, 0.717) is 5.56 Å². The van der Waals surface area contributed by atoms with Gasteiger partial charge in [0.15, 0.2) is 11.5 Å². The lowest BCUT2D eigenvalue weighted by molar-refractivity contribution is -0.141. The summed E-state index contributed by atoms with van der Waals surface area (Å²) in [4.78, 5) is 21.8. The van der Waals surface area contributed by atoms with Gasteiger partial charge in [0.2, 0.25) is 0 Å². The molecule has 6 nitrogen and oxygen atoms in total. The number of aliphatic imine (C=N–C) groups is 1. The Hall–Kier alpha value is -3.69. The number of carbonyl (C=O) groups is 1. The summed E-state index contributed by atoms with van der Waals surface area (Å²) < 4.78 is 59.2. The van der Waals surface area contributed by atoms with Gasteiger partial charge in [0.05, 0.1) is 12.5 Å². The van der Waals surface area contributed by atoms with Gasteiger partial charge in [-0.3, -0.25) is 14.7 Å². The minimum atomic E-state index is -4.73. The number of benzene rings is 1. The monoisotopic (exact) mass is 418 g/mol. The highest BCUT2D eigenvalue weighted by atomic mass is 19.4. The van der Waals surface area contributed by atoms with Crippen molar-refractivity contribution in [1.82, 2.24) is 9.88 Å². The van der Waals surface area contributed by atoms with Gasteiger partial charge in [-0.05, 0) is 41.5 Å². The SMILES string of the molecule is CN1C(=O)C(c2ccnc(C(F)(F)F)c2)(c2ccc(F)c(-c3ccoc3)c2)N=C1N. The highest BCUT2D eigenvalue weighted by Crippen LogP contribution is 2.42. The van der Waals surface area contributed by atoms with Crippen molar-refractivity contribution in [2.24, 2.45) is 10.7 Å². The van der Waals surface area contributed by atoms with E-state index in [1.54, 1.807) is 0 Å². The van der Waals surface area contributed by atoms with Crippen molar-refractivity contribution >= 4 is 11.9 Å². The van der Waals surface area contributed by atoms with E-state index in [-0.39, 0.29) is 22.6 Å². The Bertz CT molecular complexity index is 1160. The molecule has 1 amide bonds. The van der Waals surface area contributed by atoms with Crippen LogP contribution in [0.15, 0.2) is 64.5 Å². The van der Waals surface area contributed by atoms with Gasteiger partial charge in [-0.15, -0.1) is 0 Å². The number of nitrogens with two attached hydrogens (primary N) is 1. The van der Waals surface area contributed by atoms with Crippen LogP contribution in [-0.2, 0) is 16.5 Å². The van der Waals surface area contributed by atoms with Crippen LogP contribution in [0.4, 0.5) is 17.6 Å². The molecule has 0 bridgehead atoms. The molecule has 3 aromatic rings. The summed E-state index contributed by atoms with van der Waals surface area (Å²) >= 11 is 0. The average Bonchev–Trinajstić information content (AvgIpc) is 3.32. The first-order valence-electron chi connectivity index (χ1n) is 8.64. The number of hydrogen-bond acceptors (Lipinski definition) is 5. The van der Waals surface area contributed by atoms with Crippen molar-refractivity contribution in [1.29, 1.82) is 0 Å². The molecule has 0 aliphatic carbocycles. The third-order valence-corrected chi connectivity index (χ3v) is 4.92. The zero-order valence-corrected chi connectivity index (χ0v) is 15.4. The van der Waals surface area contributed by atoms with Crippen molar-refractivity contribution in [2.45, 2.75) is 11.7 Å². The molecule has 4 rings (SSSR count). The number of aromatic nitrogens is 1. The average molecular weight is 418 g/mol. The number of pyridine rings is 1. The standard InChI is InChI=1S/C20H14F4N4O2/c1-28-17(29)19(27-18(28)25,13-4-6-26-16(9-13)20(22,23)24)12-2-3-15(21)14(8-12)11-5-7-30-10-11/h2-10H,1H3,(H2,25,27). The van der Waals surface area contributed by atoms with E-state index in [4.69, 9.17) is 10.2 Å². The van der Waals surface area contributed by atoms with Crippen molar-refractivity contribution < 1.29 is 26.8 Å². The van der Waals surface area contributed by atoms with Crippen LogP contribution in [0.2, 0.25) is 0 Å². The van der Waals surface area contributed by atoms with E-state index in [1.807, 2.05) is 0 Å². The summed E-state index contributed by atoms with van der Waals surface area (Å²) in [5, 5.41) is 0. The zero-order chi connectivity index (χ0) is 21.7. The second kappa shape index (κ2) is 6.68. The lowest BCUT2D eigenvalue weighted by Gasteiger charge is -2.27. The molecule has 1 aliphatic heterocycles. The van der Waals surface area contributed by atoms with Crippen molar-refractivity contribution in [3.8, 4) is 11.1 Å². The number of alkyl halides is 3. The number of carbonyl (C=O) groups excluding carboxylic acids is 1. The van der Waals surface area contributed by atoms with Gasteiger partial charge in [-0.25, -0.2) is 9.38 Å². The fourth-order valence-electron chi connectivity index (χ4n) is 3.38. The van der Waals surface area contributed by atoms with Gasteiger partial charge in [0.1, 0.15) is 11.5 Å². The van der Waals surface area contributed by atoms with Gasteiger partial charge >= 0.3 is 6.18 Å². The Morgan fingerprint density at radius 2 is 1.87 bits per heavy atom. The first kappa shape index (κ1) is 19.6. The van der Waals surface area contributed by atoms with E-state index in [2.05, 4.69) is 9.98 Å². The van der Waals surface area contributed by atoms with Crippen LogP contribution in [0.25, 0.3) is 11.1 Å². The Balaban J connectivity index is 1.99. The normalized spacial score (nSPS) is 19.3. The third-order valence-electron chi connectivity index (χ3n) is 4.92. The maximum Gasteiger partial charge on any atom is 0.433 e. The minimum absolute atomic E-state index is 0.0909. The topological polar surface area (TPSA) is 84.7 Å². The molecule has 3 heterocycles. The first-order valence-corrected chi connectivity index (χ1v) is 8.64. The number of rotatable bonds is 3. The molecule has 0 fully saturated rings. The predicted octanol–water partition coefficient (Wildman–Crippen LogP) is 3.53. The van der Waals surface area contributed by atoms with Gasteiger partial charge in [-0.1, -0.05) is 6.07 Å². The number of amides is 1. The van der Waals surface area contributed by atoms with Crippen LogP contribution in [0.3, 0.4) is 0 Å². The Morgan fingerprint density at radius 1 is 1.13 bits per heavy atom. The summed E-state index contributed by atoms with van der Waals surface area (Å²) in [6, 6.07) is 7.27. The summed E-state index contributed by atoms with van der Waals surface area (Å²) in [5.74, 6) is -1.46. The molecule has 1 aromatic carbocycles. The van der Waals surface area contributed by atoms with Gasteiger partial charge in [-0.2, -0.15) is 13.2 Å². The highest BCUT2D eigenvalue weighted by Gasteiger charge is 2.50. The van der Waals surface area contributed by atoms with Gasteiger partial charge < -0.3 is 10.2 Å². The molecule has 154 valence electrons. The molecule has 0 saturated carbocycles. The molecule has 1 aliphatic rings. The van der Waals surface area contributed by atoms with Crippen LogP contribution in [0.1, 0.15) is 16.8 Å². The molecule has 2 N–H and O–H groups in total.